The molecule has 2 rings (SSSR count). The molecular formula is C14H26N4S. The Labute approximate surface area is 120 Å². The highest BCUT2D eigenvalue weighted by Crippen LogP contribution is 2.18. The summed E-state index contributed by atoms with van der Waals surface area (Å²) in [7, 11) is 0. The van der Waals surface area contributed by atoms with E-state index >= 15 is 0 Å². The molecule has 108 valence electrons. The zero-order chi connectivity index (χ0) is 13.5. The van der Waals surface area contributed by atoms with Gasteiger partial charge in [0, 0.05) is 13.0 Å². The summed E-state index contributed by atoms with van der Waals surface area (Å²) in [4.78, 5) is 0. The second-order valence-corrected chi connectivity index (χ2v) is 6.30. The van der Waals surface area contributed by atoms with Gasteiger partial charge in [0.05, 0.1) is 6.04 Å². The average Bonchev–Trinajstić information content (AvgIpc) is 2.67. The molecule has 5 heteroatoms. The van der Waals surface area contributed by atoms with Gasteiger partial charge in [-0.2, -0.15) is 11.8 Å². The first kappa shape index (κ1) is 14.9. The summed E-state index contributed by atoms with van der Waals surface area (Å²) in [6.07, 6.45) is 9.63. The van der Waals surface area contributed by atoms with Gasteiger partial charge in [-0.1, -0.05) is 6.42 Å². The number of rotatable bonds is 7. The summed E-state index contributed by atoms with van der Waals surface area (Å²) in [6, 6.07) is 0.314. The van der Waals surface area contributed by atoms with E-state index in [4.69, 9.17) is 0 Å². The molecule has 0 bridgehead atoms. The molecule has 2 heterocycles. The Morgan fingerprint density at radius 2 is 2.16 bits per heavy atom. The Bertz CT molecular complexity index is 378. The summed E-state index contributed by atoms with van der Waals surface area (Å²) in [6.45, 7) is 4.37. The van der Waals surface area contributed by atoms with Gasteiger partial charge in [0.25, 0.3) is 0 Å². The van der Waals surface area contributed by atoms with Gasteiger partial charge in [-0.25, -0.2) is 0 Å². The van der Waals surface area contributed by atoms with Crippen LogP contribution in [0.15, 0.2) is 0 Å². The van der Waals surface area contributed by atoms with Gasteiger partial charge in [0.2, 0.25) is 0 Å². The van der Waals surface area contributed by atoms with Crippen molar-refractivity contribution >= 4 is 11.8 Å². The molecule has 0 aromatic carbocycles. The van der Waals surface area contributed by atoms with Crippen LogP contribution in [0, 0.1) is 0 Å². The second-order valence-electron chi connectivity index (χ2n) is 5.31. The van der Waals surface area contributed by atoms with E-state index < -0.39 is 0 Å². The van der Waals surface area contributed by atoms with Crippen molar-refractivity contribution in [3.05, 3.63) is 11.6 Å². The molecule has 0 aliphatic carbocycles. The lowest BCUT2D eigenvalue weighted by Gasteiger charge is -2.15. The third-order valence-corrected chi connectivity index (χ3v) is 4.45. The predicted octanol–water partition coefficient (Wildman–Crippen LogP) is 2.80. The minimum atomic E-state index is 0.314. The van der Waals surface area contributed by atoms with Crippen LogP contribution in [0.2, 0.25) is 0 Å². The van der Waals surface area contributed by atoms with Crippen LogP contribution in [0.25, 0.3) is 0 Å². The molecule has 0 amide bonds. The number of hydrogen-bond acceptors (Lipinski definition) is 4. The highest BCUT2D eigenvalue weighted by molar-refractivity contribution is 7.98. The first-order valence-corrected chi connectivity index (χ1v) is 8.86. The van der Waals surface area contributed by atoms with Gasteiger partial charge in [0.15, 0.2) is 0 Å². The molecular weight excluding hydrogens is 256 g/mol. The van der Waals surface area contributed by atoms with Gasteiger partial charge in [-0.15, -0.1) is 10.2 Å². The van der Waals surface area contributed by atoms with E-state index in [0.717, 1.165) is 25.3 Å². The molecule has 4 nitrogen and oxygen atoms in total. The molecule has 1 aliphatic rings. The first-order chi connectivity index (χ1) is 9.33. The number of unbranched alkanes of at least 4 members (excludes halogenated alkanes) is 1. The Morgan fingerprint density at radius 1 is 1.26 bits per heavy atom. The van der Waals surface area contributed by atoms with Crippen LogP contribution < -0.4 is 5.32 Å². The quantitative estimate of drug-likeness (QED) is 0.781. The Kier molecular flexibility index (Phi) is 6.17. The molecule has 0 fully saturated rings. The average molecular weight is 282 g/mol. The van der Waals surface area contributed by atoms with E-state index in [9.17, 15) is 0 Å². The van der Waals surface area contributed by atoms with E-state index in [1.165, 1.54) is 43.7 Å². The standard InChI is InChI=1S/C14H26N4S/c1-12(15-9-5-7-11-19-2)14-17-16-13-8-4-3-6-10-18(13)14/h12,15H,3-11H2,1-2H3. The van der Waals surface area contributed by atoms with Crippen molar-refractivity contribution in [1.82, 2.24) is 20.1 Å². The van der Waals surface area contributed by atoms with E-state index in [2.05, 4.69) is 33.3 Å². The highest BCUT2D eigenvalue weighted by Gasteiger charge is 2.18. The molecule has 0 radical (unpaired) electrons. The largest absolute Gasteiger partial charge is 0.314 e. The number of aromatic nitrogens is 3. The number of nitrogens with one attached hydrogen (secondary N) is 1. The third kappa shape index (κ3) is 4.21. The number of aryl methyl sites for hydroxylation is 1. The summed E-state index contributed by atoms with van der Waals surface area (Å²) in [5.41, 5.74) is 0. The molecule has 1 aliphatic heterocycles. The number of nitrogens with zero attached hydrogens (tertiary/aromatic N) is 3. The molecule has 0 saturated heterocycles. The summed E-state index contributed by atoms with van der Waals surface area (Å²) >= 11 is 1.92. The maximum Gasteiger partial charge on any atom is 0.149 e. The zero-order valence-corrected chi connectivity index (χ0v) is 13.0. The van der Waals surface area contributed by atoms with E-state index in [0.29, 0.717) is 6.04 Å². The topological polar surface area (TPSA) is 42.7 Å². The van der Waals surface area contributed by atoms with E-state index in [1.807, 2.05) is 11.8 Å². The van der Waals surface area contributed by atoms with Gasteiger partial charge in [-0.3, -0.25) is 0 Å². The molecule has 0 saturated carbocycles. The van der Waals surface area contributed by atoms with Gasteiger partial charge >= 0.3 is 0 Å². The minimum absolute atomic E-state index is 0.314. The predicted molar refractivity (Wildman–Crippen MR) is 81.6 cm³/mol. The normalized spacial score (nSPS) is 16.9. The smallest absolute Gasteiger partial charge is 0.149 e. The Balaban J connectivity index is 1.85. The second kappa shape index (κ2) is 7.90. The highest BCUT2D eigenvalue weighted by atomic mass is 32.2. The van der Waals surface area contributed by atoms with Crippen LogP contribution >= 0.6 is 11.8 Å². The SMILES string of the molecule is CSCCCCNC(C)c1nnc2n1CCCCC2. The first-order valence-electron chi connectivity index (χ1n) is 7.47. The zero-order valence-electron chi connectivity index (χ0n) is 12.2. The molecule has 19 heavy (non-hydrogen) atoms. The van der Waals surface area contributed by atoms with Crippen molar-refractivity contribution in [3.8, 4) is 0 Å². The molecule has 1 aromatic heterocycles. The van der Waals surface area contributed by atoms with Crippen molar-refractivity contribution < 1.29 is 0 Å². The van der Waals surface area contributed by atoms with Crippen molar-refractivity contribution in [3.63, 3.8) is 0 Å². The molecule has 1 unspecified atom stereocenters. The van der Waals surface area contributed by atoms with Crippen LogP contribution in [0.3, 0.4) is 0 Å². The molecule has 1 N–H and O–H groups in total. The summed E-state index contributed by atoms with van der Waals surface area (Å²) < 4.78 is 2.34. The number of fused-ring (bicyclic) bond motifs is 1. The molecule has 0 spiro atoms. The lowest BCUT2D eigenvalue weighted by molar-refractivity contribution is 0.495. The van der Waals surface area contributed by atoms with Crippen molar-refractivity contribution in [2.75, 3.05) is 18.6 Å². The maximum absolute atomic E-state index is 4.40. The van der Waals surface area contributed by atoms with E-state index in [1.54, 1.807) is 0 Å². The third-order valence-electron chi connectivity index (χ3n) is 3.75. The van der Waals surface area contributed by atoms with Crippen molar-refractivity contribution in [2.24, 2.45) is 0 Å². The fourth-order valence-electron chi connectivity index (χ4n) is 2.61. The molecule has 1 atom stereocenters. The summed E-state index contributed by atoms with van der Waals surface area (Å²) in [5, 5.41) is 12.3. The molecule has 1 aromatic rings. The van der Waals surface area contributed by atoms with Crippen LogP contribution in [0.1, 0.15) is 56.7 Å². The Morgan fingerprint density at radius 3 is 3.00 bits per heavy atom. The lowest BCUT2D eigenvalue weighted by Crippen LogP contribution is -2.23. The van der Waals surface area contributed by atoms with Crippen molar-refractivity contribution in [1.29, 1.82) is 0 Å². The van der Waals surface area contributed by atoms with Crippen LogP contribution in [0.5, 0.6) is 0 Å². The van der Waals surface area contributed by atoms with Gasteiger partial charge in [0.1, 0.15) is 11.6 Å². The Hall–Kier alpha value is -0.550. The van der Waals surface area contributed by atoms with Gasteiger partial charge < -0.3 is 9.88 Å². The van der Waals surface area contributed by atoms with E-state index in [-0.39, 0.29) is 0 Å². The number of thioether (sulfide) groups is 1. The maximum atomic E-state index is 4.40. The number of hydrogen-bond donors (Lipinski definition) is 1. The van der Waals surface area contributed by atoms with Crippen LogP contribution in [0.4, 0.5) is 0 Å². The minimum Gasteiger partial charge on any atom is -0.314 e. The van der Waals surface area contributed by atoms with Crippen molar-refractivity contribution in [2.45, 2.75) is 58.0 Å². The fourth-order valence-corrected chi connectivity index (χ4v) is 3.10. The van der Waals surface area contributed by atoms with Crippen LogP contribution in [-0.2, 0) is 13.0 Å². The summed E-state index contributed by atoms with van der Waals surface area (Å²) in [5.74, 6) is 3.57. The van der Waals surface area contributed by atoms with Gasteiger partial charge in [-0.05, 0) is 51.2 Å². The van der Waals surface area contributed by atoms with Crippen LogP contribution in [-0.4, -0.2) is 33.3 Å². The lowest BCUT2D eigenvalue weighted by atomic mass is 10.2. The monoisotopic (exact) mass is 282 g/mol. The fraction of sp³-hybridized carbons (Fsp3) is 0.857.